The molecule has 0 aliphatic heterocycles. The first-order valence-electron chi connectivity index (χ1n) is 9.56. The van der Waals surface area contributed by atoms with Crippen molar-refractivity contribution in [3.8, 4) is 0 Å². The Hall–Kier alpha value is -1.11. The second-order valence-corrected chi connectivity index (χ2v) is 6.03. The molecule has 3 rings (SSSR count). The van der Waals surface area contributed by atoms with Crippen LogP contribution in [0.3, 0.4) is 0 Å². The molecule has 134 valence electrons. The van der Waals surface area contributed by atoms with E-state index in [1.54, 1.807) is 0 Å². The molecule has 1 heteroatoms. The van der Waals surface area contributed by atoms with E-state index in [0.29, 0.717) is 29.0 Å². The molecule has 2 aliphatic rings. The molecule has 0 radical (unpaired) electrons. The van der Waals surface area contributed by atoms with E-state index in [1.165, 1.54) is 6.42 Å². The molecule has 0 aromatic heterocycles. The van der Waals surface area contributed by atoms with E-state index in [1.807, 2.05) is 77.9 Å². The van der Waals surface area contributed by atoms with Crippen molar-refractivity contribution >= 4 is 5.78 Å². The van der Waals surface area contributed by atoms with Gasteiger partial charge in [-0.3, -0.25) is 4.79 Å². The topological polar surface area (TPSA) is 17.1 Å². The van der Waals surface area contributed by atoms with Crippen molar-refractivity contribution in [2.75, 3.05) is 0 Å². The summed E-state index contributed by atoms with van der Waals surface area (Å²) in [6.45, 7) is 18.7. The van der Waals surface area contributed by atoms with Crippen molar-refractivity contribution in [2.24, 2.45) is 23.2 Å². The quantitative estimate of drug-likeness (QED) is 0.502. The summed E-state index contributed by atoms with van der Waals surface area (Å²) < 4.78 is 0. The lowest BCUT2D eigenvalue weighted by molar-refractivity contribution is -0.123. The number of fused-ring (bicyclic) bond motifs is 2. The molecule has 2 fully saturated rings. The van der Waals surface area contributed by atoms with Gasteiger partial charge in [0.25, 0.3) is 0 Å². The first-order valence-corrected chi connectivity index (χ1v) is 9.56. The Morgan fingerprint density at radius 2 is 1.17 bits per heavy atom. The van der Waals surface area contributed by atoms with Crippen LogP contribution in [0.4, 0.5) is 0 Å². The average molecular weight is 321 g/mol. The van der Waals surface area contributed by atoms with Gasteiger partial charge in [-0.2, -0.15) is 0 Å². The van der Waals surface area contributed by atoms with Crippen LogP contribution >= 0.6 is 0 Å². The van der Waals surface area contributed by atoms with E-state index in [-0.39, 0.29) is 0 Å². The molecular formula is C22H40O. The Kier molecular flexibility index (Phi) is 14.0. The standard InChI is InChI=1S/C10H16O.C6H6.3C2H6/c1-6-4-7-5-8(11)9(6)10(7,2)3;1-2-4-6-5-3-1;3*1-2/h6-7,9H,4-5H2,1-3H3;1-6H;3*1-2H3. The summed E-state index contributed by atoms with van der Waals surface area (Å²) >= 11 is 0. The minimum atomic E-state index is 0.316. The van der Waals surface area contributed by atoms with Crippen LogP contribution in [-0.4, -0.2) is 5.78 Å². The molecule has 2 aliphatic carbocycles. The molecule has 1 nitrogen and oxygen atoms in total. The predicted octanol–water partition coefficient (Wildman–Crippen LogP) is 7.02. The number of hydrogen-bond donors (Lipinski definition) is 0. The Labute approximate surface area is 145 Å². The molecule has 0 N–H and O–H groups in total. The molecule has 0 heterocycles. The minimum absolute atomic E-state index is 0.316. The summed E-state index contributed by atoms with van der Waals surface area (Å²) in [4.78, 5) is 11.5. The maximum Gasteiger partial charge on any atom is 0.137 e. The Morgan fingerprint density at radius 3 is 1.35 bits per heavy atom. The molecule has 3 unspecified atom stereocenters. The van der Waals surface area contributed by atoms with Gasteiger partial charge < -0.3 is 0 Å². The maximum absolute atomic E-state index is 11.5. The van der Waals surface area contributed by atoms with Gasteiger partial charge in [0.1, 0.15) is 5.78 Å². The Bertz CT molecular complexity index is 354. The second kappa shape index (κ2) is 13.3. The van der Waals surface area contributed by atoms with Gasteiger partial charge in [-0.25, -0.2) is 0 Å². The third kappa shape index (κ3) is 6.89. The maximum atomic E-state index is 11.5. The molecular weight excluding hydrogens is 280 g/mol. The number of carbonyl (C=O) groups is 1. The van der Waals surface area contributed by atoms with Crippen molar-refractivity contribution < 1.29 is 4.79 Å². The van der Waals surface area contributed by atoms with Crippen LogP contribution in [0.1, 0.15) is 75.2 Å². The molecule has 3 atom stereocenters. The van der Waals surface area contributed by atoms with Gasteiger partial charge >= 0.3 is 0 Å². The van der Waals surface area contributed by atoms with Crippen LogP contribution in [0.2, 0.25) is 0 Å². The highest BCUT2D eigenvalue weighted by atomic mass is 16.1. The summed E-state index contributed by atoms with van der Waals surface area (Å²) in [7, 11) is 0. The fraction of sp³-hybridized carbons (Fsp3) is 0.682. The predicted molar refractivity (Wildman–Crippen MR) is 105 cm³/mol. The normalized spacial score (nSPS) is 25.3. The minimum Gasteiger partial charge on any atom is -0.299 e. The summed E-state index contributed by atoms with van der Waals surface area (Å²) in [5.74, 6) is 2.25. The number of rotatable bonds is 0. The lowest BCUT2D eigenvalue weighted by Gasteiger charge is -2.23. The number of benzene rings is 1. The van der Waals surface area contributed by atoms with E-state index in [2.05, 4.69) is 20.8 Å². The first-order chi connectivity index (χ1) is 11.0. The molecule has 2 saturated carbocycles. The van der Waals surface area contributed by atoms with E-state index < -0.39 is 0 Å². The second-order valence-electron chi connectivity index (χ2n) is 6.03. The molecule has 1 aromatic rings. The first kappa shape index (κ1) is 24.1. The molecule has 2 bridgehead atoms. The number of Topliss-reactive ketones (excluding diaryl/α,β-unsaturated/α-hetero) is 1. The summed E-state index contributed by atoms with van der Waals surface area (Å²) in [6.07, 6.45) is 2.14. The van der Waals surface area contributed by atoms with Crippen molar-refractivity contribution in [3.05, 3.63) is 36.4 Å². The zero-order valence-corrected chi connectivity index (χ0v) is 17.0. The van der Waals surface area contributed by atoms with Crippen molar-refractivity contribution in [2.45, 2.75) is 75.2 Å². The van der Waals surface area contributed by atoms with Crippen LogP contribution in [0, 0.1) is 23.2 Å². The highest BCUT2D eigenvalue weighted by Crippen LogP contribution is 2.58. The molecule has 0 spiro atoms. The van der Waals surface area contributed by atoms with Crippen molar-refractivity contribution in [1.82, 2.24) is 0 Å². The van der Waals surface area contributed by atoms with Crippen LogP contribution in [-0.2, 0) is 4.79 Å². The third-order valence-electron chi connectivity index (χ3n) is 4.54. The van der Waals surface area contributed by atoms with E-state index >= 15 is 0 Å². The SMILES string of the molecule is CC.CC.CC.CC1CC2CC(=O)C1C2(C)C.c1ccccc1. The molecule has 23 heavy (non-hydrogen) atoms. The number of hydrogen-bond acceptors (Lipinski definition) is 1. The zero-order chi connectivity index (χ0) is 18.5. The highest BCUT2D eigenvalue weighted by Gasteiger charge is 2.56. The van der Waals surface area contributed by atoms with Gasteiger partial charge in [-0.1, -0.05) is 98.7 Å². The van der Waals surface area contributed by atoms with Gasteiger partial charge in [0, 0.05) is 12.3 Å². The Balaban J connectivity index is 0. The lowest BCUT2D eigenvalue weighted by atomic mass is 9.80. The summed E-state index contributed by atoms with van der Waals surface area (Å²) in [5.41, 5.74) is 0.316. The van der Waals surface area contributed by atoms with Gasteiger partial charge in [0.15, 0.2) is 0 Å². The smallest absolute Gasteiger partial charge is 0.137 e. The van der Waals surface area contributed by atoms with Gasteiger partial charge in [0.05, 0.1) is 0 Å². The fourth-order valence-electron chi connectivity index (χ4n) is 3.71. The summed E-state index contributed by atoms with van der Waals surface area (Å²) in [5, 5.41) is 0. The van der Waals surface area contributed by atoms with Crippen molar-refractivity contribution in [3.63, 3.8) is 0 Å². The fourth-order valence-corrected chi connectivity index (χ4v) is 3.71. The average Bonchev–Trinajstić information content (AvgIpc) is 2.97. The third-order valence-corrected chi connectivity index (χ3v) is 4.54. The van der Waals surface area contributed by atoms with E-state index in [9.17, 15) is 4.79 Å². The number of carbonyl (C=O) groups excluding carboxylic acids is 1. The Morgan fingerprint density at radius 1 is 0.826 bits per heavy atom. The largest absolute Gasteiger partial charge is 0.299 e. The molecule has 0 saturated heterocycles. The summed E-state index contributed by atoms with van der Waals surface area (Å²) in [6, 6.07) is 12.0. The van der Waals surface area contributed by atoms with Gasteiger partial charge in [0.2, 0.25) is 0 Å². The number of ketones is 1. The molecule has 1 aromatic carbocycles. The highest BCUT2D eigenvalue weighted by molar-refractivity contribution is 5.86. The zero-order valence-electron chi connectivity index (χ0n) is 17.0. The van der Waals surface area contributed by atoms with Crippen molar-refractivity contribution in [1.29, 1.82) is 0 Å². The van der Waals surface area contributed by atoms with E-state index in [0.717, 1.165) is 6.42 Å². The van der Waals surface area contributed by atoms with E-state index in [4.69, 9.17) is 0 Å². The lowest BCUT2D eigenvalue weighted by Crippen LogP contribution is -2.23. The van der Waals surface area contributed by atoms with Crippen LogP contribution in [0.5, 0.6) is 0 Å². The monoisotopic (exact) mass is 320 g/mol. The van der Waals surface area contributed by atoms with Crippen LogP contribution < -0.4 is 0 Å². The van der Waals surface area contributed by atoms with Crippen LogP contribution in [0.25, 0.3) is 0 Å². The molecule has 0 amide bonds. The van der Waals surface area contributed by atoms with Gasteiger partial charge in [-0.05, 0) is 23.7 Å². The van der Waals surface area contributed by atoms with Crippen LogP contribution in [0.15, 0.2) is 36.4 Å². The van der Waals surface area contributed by atoms with Gasteiger partial charge in [-0.15, -0.1) is 0 Å².